The summed E-state index contributed by atoms with van der Waals surface area (Å²) in [5.41, 5.74) is 2.63. The van der Waals surface area contributed by atoms with Crippen molar-refractivity contribution in [3.63, 3.8) is 0 Å². The molecule has 0 radical (unpaired) electrons. The molecule has 25 heavy (non-hydrogen) atoms. The van der Waals surface area contributed by atoms with Crippen molar-refractivity contribution in [3.05, 3.63) is 18.1 Å². The lowest BCUT2D eigenvalue weighted by molar-refractivity contribution is -0.135. The van der Waals surface area contributed by atoms with Crippen LogP contribution in [0.15, 0.2) is 12.4 Å². The summed E-state index contributed by atoms with van der Waals surface area (Å²) in [5.74, 6) is 0.669. The van der Waals surface area contributed by atoms with Crippen LogP contribution in [0.4, 0.5) is 5.69 Å². The van der Waals surface area contributed by atoms with Gasteiger partial charge in [-0.1, -0.05) is 20.8 Å². The molecule has 2 aliphatic heterocycles. The van der Waals surface area contributed by atoms with E-state index < -0.39 is 0 Å². The molecule has 4 heterocycles. The van der Waals surface area contributed by atoms with Crippen LogP contribution in [0.3, 0.4) is 0 Å². The number of hydrogen-bond acceptors (Lipinski definition) is 5. The third-order valence-electron chi connectivity index (χ3n) is 5.65. The topological polar surface area (TPSA) is 66.6 Å². The van der Waals surface area contributed by atoms with E-state index in [1.165, 1.54) is 0 Å². The van der Waals surface area contributed by atoms with Gasteiger partial charge in [-0.25, -0.2) is 0 Å². The quantitative estimate of drug-likeness (QED) is 0.851. The number of carbonyl (C=O) groups excluding carboxylic acids is 1. The van der Waals surface area contributed by atoms with Crippen molar-refractivity contribution < 1.29 is 4.79 Å². The van der Waals surface area contributed by atoms with Crippen molar-refractivity contribution in [3.8, 4) is 0 Å². The average Bonchev–Trinajstić information content (AvgIpc) is 3.30. The maximum absolute atomic E-state index is 12.9. The molecular formula is C18H26N6O. The molecule has 7 heteroatoms. The fourth-order valence-corrected chi connectivity index (χ4v) is 4.18. The van der Waals surface area contributed by atoms with Crippen molar-refractivity contribution in [2.24, 2.45) is 5.41 Å². The van der Waals surface area contributed by atoms with Gasteiger partial charge in [-0.2, -0.15) is 9.61 Å². The molecule has 0 aromatic carbocycles. The Balaban J connectivity index is 1.65. The summed E-state index contributed by atoms with van der Waals surface area (Å²) in [6.07, 6.45) is 4.56. The zero-order chi connectivity index (χ0) is 17.6. The number of rotatable bonds is 4. The van der Waals surface area contributed by atoms with Crippen LogP contribution in [-0.2, 0) is 4.79 Å². The van der Waals surface area contributed by atoms with Crippen LogP contribution in [0.2, 0.25) is 0 Å². The predicted octanol–water partition coefficient (Wildman–Crippen LogP) is 2.09. The maximum Gasteiger partial charge on any atom is 0.230 e. The fraction of sp³-hybridized carbons (Fsp3) is 0.667. The van der Waals surface area contributed by atoms with Gasteiger partial charge in [0, 0.05) is 26.2 Å². The van der Waals surface area contributed by atoms with E-state index in [0.717, 1.165) is 62.5 Å². The number of anilines is 1. The number of aromatic nitrogens is 4. The predicted molar refractivity (Wildman–Crippen MR) is 95.6 cm³/mol. The Morgan fingerprint density at radius 2 is 2.08 bits per heavy atom. The largest absolute Gasteiger partial charge is 0.367 e. The molecule has 1 unspecified atom stereocenters. The summed E-state index contributed by atoms with van der Waals surface area (Å²) in [6.45, 7) is 9.83. The smallest absolute Gasteiger partial charge is 0.230 e. The van der Waals surface area contributed by atoms with E-state index in [2.05, 4.69) is 47.0 Å². The molecule has 1 atom stereocenters. The van der Waals surface area contributed by atoms with Crippen LogP contribution in [0, 0.1) is 5.41 Å². The normalized spacial score (nSPS) is 23.8. The zero-order valence-electron chi connectivity index (χ0n) is 15.3. The van der Waals surface area contributed by atoms with Crippen LogP contribution >= 0.6 is 0 Å². The van der Waals surface area contributed by atoms with E-state index in [0.29, 0.717) is 11.8 Å². The summed E-state index contributed by atoms with van der Waals surface area (Å²) in [4.78, 5) is 17.3. The maximum atomic E-state index is 12.9. The van der Waals surface area contributed by atoms with E-state index in [9.17, 15) is 4.79 Å². The Morgan fingerprint density at radius 3 is 2.84 bits per heavy atom. The van der Waals surface area contributed by atoms with Crippen LogP contribution < -0.4 is 4.90 Å². The minimum Gasteiger partial charge on any atom is -0.367 e. The molecule has 2 saturated heterocycles. The summed E-state index contributed by atoms with van der Waals surface area (Å²) < 4.78 is 1.76. The van der Waals surface area contributed by atoms with E-state index in [1.54, 1.807) is 10.8 Å². The molecule has 0 bridgehead atoms. The monoisotopic (exact) mass is 342 g/mol. The second-order valence-corrected chi connectivity index (χ2v) is 7.70. The lowest BCUT2D eigenvalue weighted by Gasteiger charge is -2.25. The molecule has 2 fully saturated rings. The number of amides is 1. The summed E-state index contributed by atoms with van der Waals surface area (Å²) in [5, 5.41) is 12.9. The van der Waals surface area contributed by atoms with Crippen molar-refractivity contribution in [1.82, 2.24) is 24.7 Å². The van der Waals surface area contributed by atoms with E-state index in [1.807, 2.05) is 4.90 Å². The first-order valence-electron chi connectivity index (χ1n) is 9.29. The minimum atomic E-state index is -0.215. The molecule has 0 saturated carbocycles. The van der Waals surface area contributed by atoms with Crippen molar-refractivity contribution in [1.29, 1.82) is 0 Å². The van der Waals surface area contributed by atoms with Crippen LogP contribution in [0.1, 0.15) is 51.6 Å². The first-order chi connectivity index (χ1) is 12.0. The van der Waals surface area contributed by atoms with Gasteiger partial charge in [0.15, 0.2) is 0 Å². The molecule has 2 aromatic heterocycles. The number of likely N-dealkylation sites (tertiary alicyclic amines) is 1. The lowest BCUT2D eigenvalue weighted by atomic mass is 9.85. The highest BCUT2D eigenvalue weighted by atomic mass is 16.2. The highest BCUT2D eigenvalue weighted by Gasteiger charge is 2.50. The van der Waals surface area contributed by atoms with Crippen molar-refractivity contribution in [2.45, 2.75) is 46.0 Å². The van der Waals surface area contributed by atoms with Gasteiger partial charge in [0.25, 0.3) is 0 Å². The number of hydrogen-bond donors (Lipinski definition) is 0. The molecule has 0 N–H and O–H groups in total. The second kappa shape index (κ2) is 5.97. The van der Waals surface area contributed by atoms with Gasteiger partial charge in [-0.3, -0.25) is 4.79 Å². The fourth-order valence-electron chi connectivity index (χ4n) is 4.18. The van der Waals surface area contributed by atoms with Gasteiger partial charge in [0.2, 0.25) is 11.6 Å². The Labute approximate surface area is 148 Å². The van der Waals surface area contributed by atoms with Crippen LogP contribution in [0.5, 0.6) is 0 Å². The highest BCUT2D eigenvalue weighted by molar-refractivity contribution is 5.87. The molecule has 1 amide bonds. The minimum absolute atomic E-state index is 0.215. The van der Waals surface area contributed by atoms with Gasteiger partial charge in [0.05, 0.1) is 16.8 Å². The molecule has 2 aromatic rings. The first kappa shape index (κ1) is 16.3. The zero-order valence-corrected chi connectivity index (χ0v) is 15.3. The molecule has 134 valence electrons. The Kier molecular flexibility index (Phi) is 3.89. The molecule has 2 aliphatic rings. The first-order valence-corrected chi connectivity index (χ1v) is 9.29. The van der Waals surface area contributed by atoms with Gasteiger partial charge < -0.3 is 9.80 Å². The molecular weight excluding hydrogens is 316 g/mol. The van der Waals surface area contributed by atoms with E-state index >= 15 is 0 Å². The number of fused-ring (bicyclic) bond motifs is 1. The van der Waals surface area contributed by atoms with Crippen LogP contribution in [-0.4, -0.2) is 56.8 Å². The number of carbonyl (C=O) groups is 1. The average molecular weight is 342 g/mol. The van der Waals surface area contributed by atoms with E-state index in [4.69, 9.17) is 0 Å². The Morgan fingerprint density at radius 1 is 1.28 bits per heavy atom. The Bertz CT molecular complexity index is 800. The van der Waals surface area contributed by atoms with Gasteiger partial charge in [0.1, 0.15) is 6.33 Å². The third-order valence-corrected chi connectivity index (χ3v) is 5.65. The summed E-state index contributed by atoms with van der Waals surface area (Å²) in [7, 11) is 0. The standard InChI is InChI=1S/C18H26N6O/c1-4-7-22-8-5-18(17(22)25)6-9-23(11-18)15-10-14(13(2)3)21-24-12-19-20-16(15)24/h10,12-13H,4-9,11H2,1-3H3. The highest BCUT2D eigenvalue weighted by Crippen LogP contribution is 2.43. The summed E-state index contributed by atoms with van der Waals surface area (Å²) in [6, 6.07) is 2.12. The Hall–Kier alpha value is -2.18. The van der Waals surface area contributed by atoms with Gasteiger partial charge >= 0.3 is 0 Å². The lowest BCUT2D eigenvalue weighted by Crippen LogP contribution is -2.37. The number of nitrogens with zero attached hydrogens (tertiary/aromatic N) is 6. The molecule has 7 nitrogen and oxygen atoms in total. The van der Waals surface area contributed by atoms with Crippen molar-refractivity contribution in [2.75, 3.05) is 31.1 Å². The molecule has 4 rings (SSSR count). The van der Waals surface area contributed by atoms with Crippen molar-refractivity contribution >= 4 is 17.2 Å². The molecule has 0 aliphatic carbocycles. The summed E-state index contributed by atoms with van der Waals surface area (Å²) >= 11 is 0. The van der Waals surface area contributed by atoms with Crippen LogP contribution in [0.25, 0.3) is 5.65 Å². The second-order valence-electron chi connectivity index (χ2n) is 7.70. The third kappa shape index (κ3) is 2.56. The van der Waals surface area contributed by atoms with Gasteiger partial charge in [-0.15, -0.1) is 10.2 Å². The van der Waals surface area contributed by atoms with Gasteiger partial charge in [-0.05, 0) is 31.2 Å². The SMILES string of the molecule is CCCN1CCC2(CCN(c3cc(C(C)C)nn4cnnc34)C2)C1=O. The van der Waals surface area contributed by atoms with E-state index in [-0.39, 0.29) is 5.41 Å². The molecule has 1 spiro atoms.